The van der Waals surface area contributed by atoms with Crippen LogP contribution in [0.25, 0.3) is 0 Å². The van der Waals surface area contributed by atoms with Gasteiger partial charge in [-0.15, -0.1) is 0 Å². The van der Waals surface area contributed by atoms with E-state index in [1.165, 1.54) is 6.42 Å². The molecule has 2 amide bonds. The highest BCUT2D eigenvalue weighted by atomic mass is 16.4. The molecule has 1 aliphatic heterocycles. The van der Waals surface area contributed by atoms with Gasteiger partial charge in [0.05, 0.1) is 12.0 Å². The van der Waals surface area contributed by atoms with Crippen LogP contribution in [-0.2, 0) is 4.79 Å². The van der Waals surface area contributed by atoms with E-state index in [2.05, 4.69) is 12.2 Å². The number of hydrogen-bond donors (Lipinski definition) is 2. The van der Waals surface area contributed by atoms with Crippen molar-refractivity contribution >= 4 is 12.0 Å². The quantitative estimate of drug-likeness (QED) is 0.733. The van der Waals surface area contributed by atoms with E-state index in [0.29, 0.717) is 6.42 Å². The number of likely N-dealkylation sites (tertiary alicyclic amines) is 1. The summed E-state index contributed by atoms with van der Waals surface area (Å²) < 4.78 is 0. The summed E-state index contributed by atoms with van der Waals surface area (Å²) in [5.74, 6) is -1.29. The van der Waals surface area contributed by atoms with Crippen molar-refractivity contribution in [3.63, 3.8) is 0 Å². The van der Waals surface area contributed by atoms with E-state index in [9.17, 15) is 9.59 Å². The van der Waals surface area contributed by atoms with Crippen molar-refractivity contribution in [3.8, 4) is 0 Å². The fourth-order valence-corrected chi connectivity index (χ4v) is 2.63. The molecule has 0 aromatic carbocycles. The Hall–Kier alpha value is -1.52. The summed E-state index contributed by atoms with van der Waals surface area (Å²) in [6.07, 6.45) is 7.18. The van der Waals surface area contributed by atoms with Crippen molar-refractivity contribution < 1.29 is 14.7 Å². The third-order valence-corrected chi connectivity index (χ3v) is 3.77. The van der Waals surface area contributed by atoms with Crippen molar-refractivity contribution in [2.45, 2.75) is 44.7 Å². The second-order valence-corrected chi connectivity index (χ2v) is 5.16. The zero-order chi connectivity index (χ0) is 13.1. The number of urea groups is 1. The molecule has 5 nitrogen and oxygen atoms in total. The van der Waals surface area contributed by atoms with Gasteiger partial charge in [-0.1, -0.05) is 12.2 Å². The van der Waals surface area contributed by atoms with Crippen LogP contribution in [0, 0.1) is 5.92 Å². The lowest BCUT2D eigenvalue weighted by Gasteiger charge is -2.34. The Bertz CT molecular complexity index is 367. The summed E-state index contributed by atoms with van der Waals surface area (Å²) in [6, 6.07) is 0.0648. The van der Waals surface area contributed by atoms with Gasteiger partial charge >= 0.3 is 12.0 Å². The first-order valence-electron chi connectivity index (χ1n) is 6.56. The average molecular weight is 252 g/mol. The van der Waals surface area contributed by atoms with Crippen molar-refractivity contribution in [3.05, 3.63) is 12.2 Å². The first kappa shape index (κ1) is 12.9. The van der Waals surface area contributed by atoms with Crippen molar-refractivity contribution in [1.29, 1.82) is 0 Å². The number of nitrogens with one attached hydrogen (secondary N) is 1. The summed E-state index contributed by atoms with van der Waals surface area (Å²) in [7, 11) is 0. The summed E-state index contributed by atoms with van der Waals surface area (Å²) in [5.41, 5.74) is 0. The Morgan fingerprint density at radius 3 is 2.72 bits per heavy atom. The lowest BCUT2D eigenvalue weighted by molar-refractivity contribution is -0.140. The highest BCUT2D eigenvalue weighted by molar-refractivity contribution is 5.76. The van der Waals surface area contributed by atoms with E-state index in [4.69, 9.17) is 5.11 Å². The number of aliphatic carboxylic acids is 1. The van der Waals surface area contributed by atoms with Crippen LogP contribution in [0.2, 0.25) is 0 Å². The monoisotopic (exact) mass is 252 g/mol. The van der Waals surface area contributed by atoms with Crippen LogP contribution in [0.15, 0.2) is 12.2 Å². The summed E-state index contributed by atoms with van der Waals surface area (Å²) >= 11 is 0. The Morgan fingerprint density at radius 2 is 2.11 bits per heavy atom. The first-order chi connectivity index (χ1) is 8.58. The van der Waals surface area contributed by atoms with Gasteiger partial charge < -0.3 is 15.3 Å². The molecule has 1 fully saturated rings. The normalized spacial score (nSPS) is 31.4. The number of nitrogens with zero attached hydrogens (tertiary/aromatic N) is 1. The predicted octanol–water partition coefficient (Wildman–Crippen LogP) is 1.60. The molecule has 1 heterocycles. The molecule has 2 aliphatic rings. The van der Waals surface area contributed by atoms with Crippen LogP contribution in [0.3, 0.4) is 0 Å². The van der Waals surface area contributed by atoms with Gasteiger partial charge in [-0.05, 0) is 32.6 Å². The largest absolute Gasteiger partial charge is 0.481 e. The van der Waals surface area contributed by atoms with Gasteiger partial charge in [-0.25, -0.2) is 4.79 Å². The maximum atomic E-state index is 12.1. The van der Waals surface area contributed by atoms with Crippen molar-refractivity contribution in [2.75, 3.05) is 6.54 Å². The molecule has 2 rings (SSSR count). The molecule has 100 valence electrons. The minimum absolute atomic E-state index is 0.0668. The van der Waals surface area contributed by atoms with E-state index in [0.717, 1.165) is 19.4 Å². The van der Waals surface area contributed by atoms with Gasteiger partial charge in [0.15, 0.2) is 0 Å². The summed E-state index contributed by atoms with van der Waals surface area (Å²) in [5, 5.41) is 11.8. The molecule has 0 saturated carbocycles. The Morgan fingerprint density at radius 1 is 1.33 bits per heavy atom. The summed E-state index contributed by atoms with van der Waals surface area (Å²) in [4.78, 5) is 24.7. The highest BCUT2D eigenvalue weighted by Crippen LogP contribution is 2.20. The molecule has 1 aliphatic carbocycles. The highest BCUT2D eigenvalue weighted by Gasteiger charge is 2.28. The van der Waals surface area contributed by atoms with Gasteiger partial charge in [0.25, 0.3) is 0 Å². The first-order valence-corrected chi connectivity index (χ1v) is 6.56. The van der Waals surface area contributed by atoms with Crippen LogP contribution in [0.5, 0.6) is 0 Å². The van der Waals surface area contributed by atoms with Gasteiger partial charge in [-0.3, -0.25) is 4.79 Å². The minimum atomic E-state index is -0.825. The van der Waals surface area contributed by atoms with Gasteiger partial charge in [-0.2, -0.15) is 0 Å². The Kier molecular flexibility index (Phi) is 3.89. The topological polar surface area (TPSA) is 69.6 Å². The number of carbonyl (C=O) groups is 2. The van der Waals surface area contributed by atoms with Crippen molar-refractivity contribution in [2.24, 2.45) is 5.92 Å². The zero-order valence-corrected chi connectivity index (χ0v) is 10.6. The Balaban J connectivity index is 1.85. The third-order valence-electron chi connectivity index (χ3n) is 3.77. The third kappa shape index (κ3) is 2.83. The van der Waals surface area contributed by atoms with E-state index in [1.54, 1.807) is 12.2 Å². The molecule has 3 unspecified atom stereocenters. The number of carboxylic acids is 1. The maximum absolute atomic E-state index is 12.1. The number of hydrogen-bond acceptors (Lipinski definition) is 2. The fourth-order valence-electron chi connectivity index (χ4n) is 2.63. The molecular formula is C13H20N2O3. The van der Waals surface area contributed by atoms with Gasteiger partial charge in [0, 0.05) is 12.6 Å². The van der Waals surface area contributed by atoms with E-state index < -0.39 is 11.9 Å². The average Bonchev–Trinajstić information content (AvgIpc) is 2.78. The smallest absolute Gasteiger partial charge is 0.318 e. The molecule has 1 saturated heterocycles. The number of rotatable bonds is 2. The minimum Gasteiger partial charge on any atom is -0.481 e. The number of piperidine rings is 1. The molecule has 2 N–H and O–H groups in total. The summed E-state index contributed by atoms with van der Waals surface area (Å²) in [6.45, 7) is 2.86. The molecule has 0 radical (unpaired) electrons. The van der Waals surface area contributed by atoms with E-state index in [1.807, 2.05) is 4.90 Å². The molecule has 18 heavy (non-hydrogen) atoms. The van der Waals surface area contributed by atoms with E-state index >= 15 is 0 Å². The Labute approximate surface area is 107 Å². The second kappa shape index (κ2) is 5.42. The zero-order valence-electron chi connectivity index (χ0n) is 10.6. The van der Waals surface area contributed by atoms with Crippen LogP contribution in [-0.4, -0.2) is 40.6 Å². The van der Waals surface area contributed by atoms with Crippen LogP contribution >= 0.6 is 0 Å². The number of amides is 2. The second-order valence-electron chi connectivity index (χ2n) is 5.16. The SMILES string of the molecule is CC1CCCCN1C(=O)NC1C=CC(C(=O)O)C1. The lowest BCUT2D eigenvalue weighted by Crippen LogP contribution is -2.49. The molecule has 0 bridgehead atoms. The molecular weight excluding hydrogens is 232 g/mol. The number of carbonyl (C=O) groups excluding carboxylic acids is 1. The molecule has 3 atom stereocenters. The maximum Gasteiger partial charge on any atom is 0.318 e. The van der Waals surface area contributed by atoms with Crippen LogP contribution < -0.4 is 5.32 Å². The van der Waals surface area contributed by atoms with Crippen LogP contribution in [0.1, 0.15) is 32.6 Å². The standard InChI is InChI=1S/C13H20N2O3/c1-9-4-2-3-7-15(9)13(18)14-11-6-5-10(8-11)12(16)17/h5-6,9-11H,2-4,7-8H2,1H3,(H,14,18)(H,16,17). The van der Waals surface area contributed by atoms with E-state index in [-0.39, 0.29) is 18.1 Å². The molecule has 0 spiro atoms. The van der Waals surface area contributed by atoms with Crippen molar-refractivity contribution in [1.82, 2.24) is 10.2 Å². The molecule has 5 heteroatoms. The molecule has 0 aromatic rings. The molecule has 0 aromatic heterocycles. The van der Waals surface area contributed by atoms with Crippen LogP contribution in [0.4, 0.5) is 4.79 Å². The fraction of sp³-hybridized carbons (Fsp3) is 0.692. The predicted molar refractivity (Wildman–Crippen MR) is 67.2 cm³/mol. The number of carboxylic acid groups (broad SMARTS) is 1. The van der Waals surface area contributed by atoms with Gasteiger partial charge in [0.1, 0.15) is 0 Å². The lowest BCUT2D eigenvalue weighted by atomic mass is 10.0. The van der Waals surface area contributed by atoms with Gasteiger partial charge in [0.2, 0.25) is 0 Å².